The molecule has 1 amide bonds. The molecule has 16 heavy (non-hydrogen) atoms. The van der Waals surface area contributed by atoms with E-state index in [1.807, 2.05) is 0 Å². The van der Waals surface area contributed by atoms with E-state index in [2.05, 4.69) is 10.3 Å². The molecular weight excluding hydrogens is 208 g/mol. The molecule has 5 nitrogen and oxygen atoms in total. The second-order valence-electron chi connectivity index (χ2n) is 3.70. The fraction of sp³-hybridized carbons (Fsp3) is 0.364. The molecule has 0 spiro atoms. The predicted molar refractivity (Wildman–Crippen MR) is 59.4 cm³/mol. The van der Waals surface area contributed by atoms with Crippen LogP contribution >= 0.6 is 0 Å². The molecule has 0 aliphatic carbocycles. The maximum absolute atomic E-state index is 11.6. The highest BCUT2D eigenvalue weighted by molar-refractivity contribution is 5.97. The first-order valence-corrected chi connectivity index (χ1v) is 4.92. The number of rotatable bonds is 3. The second kappa shape index (κ2) is 4.74. The Labute approximate surface area is 92.9 Å². The molecular formula is C11H14N2O3. The van der Waals surface area contributed by atoms with E-state index in [4.69, 9.17) is 0 Å². The van der Waals surface area contributed by atoms with E-state index in [9.17, 15) is 14.4 Å². The molecule has 1 rings (SSSR count). The van der Waals surface area contributed by atoms with Crippen molar-refractivity contribution in [2.24, 2.45) is 0 Å². The Morgan fingerprint density at radius 3 is 2.56 bits per heavy atom. The Balaban J connectivity index is 2.89. The van der Waals surface area contributed by atoms with E-state index < -0.39 is 11.9 Å². The number of H-pyrrole nitrogens is 1. The summed E-state index contributed by atoms with van der Waals surface area (Å²) >= 11 is 0. The molecule has 0 saturated carbocycles. The lowest BCUT2D eigenvalue weighted by Crippen LogP contribution is -2.39. The molecule has 1 heterocycles. The minimum Gasteiger partial charge on any atom is -0.364 e. The summed E-state index contributed by atoms with van der Waals surface area (Å²) in [6, 6.07) is 0.751. The Hall–Kier alpha value is -1.91. The summed E-state index contributed by atoms with van der Waals surface area (Å²) in [6.45, 7) is 4.67. The van der Waals surface area contributed by atoms with E-state index in [0.717, 1.165) is 0 Å². The smallest absolute Gasteiger partial charge is 0.257 e. The van der Waals surface area contributed by atoms with Crippen LogP contribution in [0.2, 0.25) is 0 Å². The van der Waals surface area contributed by atoms with Crippen LogP contribution in [-0.4, -0.2) is 22.7 Å². The third-order valence-corrected chi connectivity index (χ3v) is 2.26. The molecule has 0 fully saturated rings. The molecule has 1 unspecified atom stereocenters. The third-order valence-electron chi connectivity index (χ3n) is 2.26. The van der Waals surface area contributed by atoms with Gasteiger partial charge in [0.25, 0.3) is 5.91 Å². The number of hydrogen-bond donors (Lipinski definition) is 2. The molecule has 0 aliphatic heterocycles. The molecule has 86 valence electrons. The van der Waals surface area contributed by atoms with Gasteiger partial charge >= 0.3 is 0 Å². The Morgan fingerprint density at radius 2 is 2.06 bits per heavy atom. The minimum atomic E-state index is -0.590. The van der Waals surface area contributed by atoms with Gasteiger partial charge in [-0.2, -0.15) is 0 Å². The van der Waals surface area contributed by atoms with Crippen LogP contribution in [0.1, 0.15) is 29.9 Å². The van der Waals surface area contributed by atoms with Crippen LogP contribution in [0.25, 0.3) is 0 Å². The molecule has 0 bridgehead atoms. The van der Waals surface area contributed by atoms with Crippen molar-refractivity contribution >= 4 is 11.7 Å². The molecule has 1 aromatic rings. The third kappa shape index (κ3) is 2.79. The van der Waals surface area contributed by atoms with Gasteiger partial charge in [-0.25, -0.2) is 0 Å². The maximum atomic E-state index is 11.6. The first-order chi connectivity index (χ1) is 7.41. The van der Waals surface area contributed by atoms with Crippen molar-refractivity contribution in [2.75, 3.05) is 0 Å². The quantitative estimate of drug-likeness (QED) is 0.776. The fourth-order valence-corrected chi connectivity index (χ4v) is 1.13. The molecule has 0 radical (unpaired) electrons. The van der Waals surface area contributed by atoms with Crippen LogP contribution in [0.15, 0.2) is 17.1 Å². The van der Waals surface area contributed by atoms with Gasteiger partial charge < -0.3 is 10.3 Å². The summed E-state index contributed by atoms with van der Waals surface area (Å²) < 4.78 is 0. The number of pyridine rings is 1. The predicted octanol–water partition coefficient (Wildman–Crippen LogP) is 0.391. The number of Topliss-reactive ketones (excluding diaryl/α,β-unsaturated/α-hetero) is 1. The molecule has 5 heteroatoms. The summed E-state index contributed by atoms with van der Waals surface area (Å²) in [5, 5.41) is 2.45. The summed E-state index contributed by atoms with van der Waals surface area (Å²) in [7, 11) is 0. The highest BCUT2D eigenvalue weighted by Gasteiger charge is 2.15. The van der Waals surface area contributed by atoms with Gasteiger partial charge in [-0.05, 0) is 20.8 Å². The van der Waals surface area contributed by atoms with E-state index in [1.165, 1.54) is 19.2 Å². The normalized spacial score (nSPS) is 11.9. The van der Waals surface area contributed by atoms with Crippen LogP contribution in [0.3, 0.4) is 0 Å². The Bertz CT molecular complexity index is 476. The number of aromatic amines is 1. The zero-order chi connectivity index (χ0) is 12.3. The first-order valence-electron chi connectivity index (χ1n) is 4.92. The van der Waals surface area contributed by atoms with E-state index >= 15 is 0 Å². The Kier molecular flexibility index (Phi) is 3.60. The number of aromatic nitrogens is 1. The van der Waals surface area contributed by atoms with E-state index in [0.29, 0.717) is 5.69 Å². The van der Waals surface area contributed by atoms with Gasteiger partial charge in [0.15, 0.2) is 11.2 Å². The number of amides is 1. The molecule has 1 aromatic heterocycles. The Morgan fingerprint density at radius 1 is 1.44 bits per heavy atom. The molecule has 0 aliphatic rings. The van der Waals surface area contributed by atoms with Crippen molar-refractivity contribution in [3.05, 3.63) is 33.7 Å². The molecule has 1 atom stereocenters. The lowest BCUT2D eigenvalue weighted by atomic mass is 10.2. The van der Waals surface area contributed by atoms with E-state index in [1.54, 1.807) is 13.8 Å². The standard InChI is InChI=1S/C11H14N2O3/c1-6-4-10(15)9(5-12-6)11(16)13-7(2)8(3)14/h4-5,7H,1-3H3,(H,12,15)(H,13,16). The van der Waals surface area contributed by atoms with Gasteiger partial charge in [-0.3, -0.25) is 14.4 Å². The number of carbonyl (C=O) groups is 2. The summed E-state index contributed by atoms with van der Waals surface area (Å²) in [6.07, 6.45) is 1.35. The van der Waals surface area contributed by atoms with Gasteiger partial charge in [0.1, 0.15) is 5.56 Å². The van der Waals surface area contributed by atoms with Gasteiger partial charge in [0.2, 0.25) is 0 Å². The van der Waals surface area contributed by atoms with Crippen molar-refractivity contribution in [3.8, 4) is 0 Å². The minimum absolute atomic E-state index is 0.0127. The topological polar surface area (TPSA) is 79.0 Å². The first kappa shape index (κ1) is 12.2. The van der Waals surface area contributed by atoms with Crippen LogP contribution in [0.5, 0.6) is 0 Å². The number of carbonyl (C=O) groups excluding carboxylic acids is 2. The average molecular weight is 222 g/mol. The zero-order valence-electron chi connectivity index (χ0n) is 9.46. The van der Waals surface area contributed by atoms with Crippen molar-refractivity contribution in [2.45, 2.75) is 26.8 Å². The van der Waals surface area contributed by atoms with Crippen molar-refractivity contribution in [1.29, 1.82) is 0 Å². The molecule has 0 aromatic carbocycles. The van der Waals surface area contributed by atoms with Crippen LogP contribution in [0, 0.1) is 6.92 Å². The molecule has 0 saturated heterocycles. The SMILES string of the molecule is CC(=O)C(C)NC(=O)c1c[nH]c(C)cc1=O. The summed E-state index contributed by atoms with van der Waals surface area (Å²) in [5.41, 5.74) is 0.337. The summed E-state index contributed by atoms with van der Waals surface area (Å²) in [4.78, 5) is 36.8. The lowest BCUT2D eigenvalue weighted by molar-refractivity contribution is -0.118. The maximum Gasteiger partial charge on any atom is 0.257 e. The zero-order valence-corrected chi connectivity index (χ0v) is 9.46. The van der Waals surface area contributed by atoms with Crippen LogP contribution in [0.4, 0.5) is 0 Å². The fourth-order valence-electron chi connectivity index (χ4n) is 1.13. The number of aryl methyl sites for hydroxylation is 1. The number of hydrogen-bond acceptors (Lipinski definition) is 3. The van der Waals surface area contributed by atoms with E-state index in [-0.39, 0.29) is 16.8 Å². The van der Waals surface area contributed by atoms with Gasteiger partial charge in [0.05, 0.1) is 6.04 Å². The summed E-state index contributed by atoms with van der Waals surface area (Å²) in [5.74, 6) is -0.694. The van der Waals surface area contributed by atoms with Crippen LogP contribution in [-0.2, 0) is 4.79 Å². The highest BCUT2D eigenvalue weighted by Crippen LogP contribution is 1.94. The monoisotopic (exact) mass is 222 g/mol. The van der Waals surface area contributed by atoms with Crippen molar-refractivity contribution in [1.82, 2.24) is 10.3 Å². The lowest BCUT2D eigenvalue weighted by Gasteiger charge is -2.09. The van der Waals surface area contributed by atoms with Crippen molar-refractivity contribution in [3.63, 3.8) is 0 Å². The number of nitrogens with one attached hydrogen (secondary N) is 2. The van der Waals surface area contributed by atoms with Crippen molar-refractivity contribution < 1.29 is 9.59 Å². The largest absolute Gasteiger partial charge is 0.364 e. The number of ketones is 1. The van der Waals surface area contributed by atoms with Crippen LogP contribution < -0.4 is 10.7 Å². The van der Waals surface area contributed by atoms with Gasteiger partial charge in [-0.1, -0.05) is 0 Å². The van der Waals surface area contributed by atoms with Gasteiger partial charge in [-0.15, -0.1) is 0 Å². The average Bonchev–Trinajstić information content (AvgIpc) is 2.16. The highest BCUT2D eigenvalue weighted by atomic mass is 16.2. The second-order valence-corrected chi connectivity index (χ2v) is 3.70. The van der Waals surface area contributed by atoms with Gasteiger partial charge in [0, 0.05) is 18.0 Å². The molecule has 2 N–H and O–H groups in total.